The van der Waals surface area contributed by atoms with Gasteiger partial charge in [0.2, 0.25) is 0 Å². The quantitative estimate of drug-likeness (QED) is 0.768. The second kappa shape index (κ2) is 4.42. The number of nitrogens with one attached hydrogen (secondary N) is 1. The van der Waals surface area contributed by atoms with Crippen molar-refractivity contribution in [2.75, 3.05) is 0 Å². The van der Waals surface area contributed by atoms with E-state index in [0.717, 1.165) is 11.1 Å². The molecule has 2 aromatic heterocycles. The van der Waals surface area contributed by atoms with Gasteiger partial charge in [-0.15, -0.1) is 0 Å². The fraction of sp³-hybridized carbons (Fsp3) is 0.143. The van der Waals surface area contributed by atoms with Crippen molar-refractivity contribution in [1.29, 1.82) is 0 Å². The minimum atomic E-state index is -0.565. The normalized spacial score (nSPS) is 11.1. The lowest BCUT2D eigenvalue weighted by Crippen LogP contribution is -1.98. The summed E-state index contributed by atoms with van der Waals surface area (Å²) in [4.78, 5) is 11.4. The maximum absolute atomic E-state index is 13.6. The second-order valence-corrected chi connectivity index (χ2v) is 4.39. The van der Waals surface area contributed by atoms with Gasteiger partial charge in [0.1, 0.15) is 17.5 Å². The zero-order chi connectivity index (χ0) is 13.4. The van der Waals surface area contributed by atoms with E-state index in [1.54, 1.807) is 6.20 Å². The fourth-order valence-electron chi connectivity index (χ4n) is 2.04. The molecular weight excluding hydrogens is 248 g/mol. The van der Waals surface area contributed by atoms with Crippen LogP contribution in [0.1, 0.15) is 17.0 Å². The predicted octanol–water partition coefficient (Wildman–Crippen LogP) is 3.14. The lowest BCUT2D eigenvalue weighted by molar-refractivity contribution is 0.559. The van der Waals surface area contributed by atoms with Gasteiger partial charge in [-0.1, -0.05) is 6.07 Å². The number of pyridine rings is 1. The molecule has 3 rings (SSSR count). The summed E-state index contributed by atoms with van der Waals surface area (Å²) in [6.45, 7) is 1.93. The molecule has 0 radical (unpaired) electrons. The highest BCUT2D eigenvalue weighted by Gasteiger charge is 2.12. The van der Waals surface area contributed by atoms with Crippen molar-refractivity contribution in [2.45, 2.75) is 13.3 Å². The lowest BCUT2D eigenvalue weighted by Gasteiger charge is -2.01. The number of aromatic amines is 1. The molecule has 0 spiro atoms. The Morgan fingerprint density at radius 2 is 1.89 bits per heavy atom. The number of hydrogen-bond donors (Lipinski definition) is 1. The van der Waals surface area contributed by atoms with Crippen LogP contribution in [0, 0.1) is 18.6 Å². The third-order valence-electron chi connectivity index (χ3n) is 3.06. The first-order valence-electron chi connectivity index (χ1n) is 5.88. The molecule has 3 nitrogen and oxygen atoms in total. The van der Waals surface area contributed by atoms with Gasteiger partial charge in [0.05, 0.1) is 5.52 Å². The van der Waals surface area contributed by atoms with E-state index in [9.17, 15) is 8.78 Å². The highest BCUT2D eigenvalue weighted by molar-refractivity contribution is 5.74. The smallest absolute Gasteiger partial charge is 0.177 e. The van der Waals surface area contributed by atoms with E-state index >= 15 is 0 Å². The average Bonchev–Trinajstić information content (AvgIpc) is 2.78. The number of benzene rings is 1. The second-order valence-electron chi connectivity index (χ2n) is 4.39. The fourth-order valence-corrected chi connectivity index (χ4v) is 2.04. The predicted molar refractivity (Wildman–Crippen MR) is 67.8 cm³/mol. The number of fused-ring (bicyclic) bond motifs is 1. The molecule has 0 aliphatic rings. The van der Waals surface area contributed by atoms with Crippen molar-refractivity contribution in [3.05, 3.63) is 59.0 Å². The molecule has 0 unspecified atom stereocenters. The van der Waals surface area contributed by atoms with Crippen molar-refractivity contribution in [3.63, 3.8) is 0 Å². The van der Waals surface area contributed by atoms with Gasteiger partial charge in [0, 0.05) is 18.2 Å². The first kappa shape index (κ1) is 11.8. The molecule has 5 heteroatoms. The molecule has 0 aliphatic heterocycles. The topological polar surface area (TPSA) is 41.6 Å². The number of nitrogens with zero attached hydrogens (tertiary/aromatic N) is 2. The Bertz CT molecular complexity index is 729. The van der Waals surface area contributed by atoms with Crippen LogP contribution in [0.15, 0.2) is 30.5 Å². The number of aromatic nitrogens is 3. The van der Waals surface area contributed by atoms with Gasteiger partial charge in [-0.05, 0) is 30.7 Å². The summed E-state index contributed by atoms with van der Waals surface area (Å²) in [6, 6.07) is 5.68. The van der Waals surface area contributed by atoms with Crippen LogP contribution in [0.3, 0.4) is 0 Å². The van der Waals surface area contributed by atoms with Gasteiger partial charge in [-0.2, -0.15) is 0 Å². The van der Waals surface area contributed by atoms with Crippen LogP contribution in [0.5, 0.6) is 0 Å². The van der Waals surface area contributed by atoms with Crippen molar-refractivity contribution in [2.24, 2.45) is 0 Å². The third-order valence-corrected chi connectivity index (χ3v) is 3.06. The van der Waals surface area contributed by atoms with E-state index in [-0.39, 0.29) is 12.0 Å². The van der Waals surface area contributed by atoms with Crippen LogP contribution in [-0.4, -0.2) is 15.0 Å². The minimum absolute atomic E-state index is 0.0132. The maximum Gasteiger partial charge on any atom is 0.177 e. The third kappa shape index (κ3) is 2.07. The molecule has 0 amide bonds. The van der Waals surface area contributed by atoms with Crippen molar-refractivity contribution < 1.29 is 8.78 Å². The minimum Gasteiger partial charge on any atom is -0.340 e. The van der Waals surface area contributed by atoms with Crippen LogP contribution >= 0.6 is 0 Å². The Kier molecular flexibility index (Phi) is 2.74. The lowest BCUT2D eigenvalue weighted by atomic mass is 10.1. The molecule has 0 saturated carbocycles. The van der Waals surface area contributed by atoms with E-state index in [1.807, 2.05) is 13.0 Å². The van der Waals surface area contributed by atoms with Gasteiger partial charge in [-0.25, -0.2) is 18.7 Å². The summed E-state index contributed by atoms with van der Waals surface area (Å²) in [6.07, 6.45) is 1.74. The van der Waals surface area contributed by atoms with Crippen molar-refractivity contribution >= 4 is 11.2 Å². The molecule has 0 atom stereocenters. The van der Waals surface area contributed by atoms with E-state index in [1.165, 1.54) is 18.2 Å². The molecule has 1 aromatic carbocycles. The Morgan fingerprint density at radius 3 is 2.58 bits per heavy atom. The summed E-state index contributed by atoms with van der Waals surface area (Å²) >= 11 is 0. The molecule has 96 valence electrons. The molecule has 0 saturated heterocycles. The Labute approximate surface area is 108 Å². The molecule has 0 fully saturated rings. The number of H-pyrrole nitrogens is 1. The molecule has 0 bridgehead atoms. The number of aryl methyl sites for hydroxylation is 1. The summed E-state index contributed by atoms with van der Waals surface area (Å²) in [5.74, 6) is -0.629. The SMILES string of the molecule is Cc1ccnc2nc(Cc3c(F)cccc3F)[nH]c12. The number of rotatable bonds is 2. The summed E-state index contributed by atoms with van der Waals surface area (Å²) < 4.78 is 27.1. The molecule has 19 heavy (non-hydrogen) atoms. The van der Waals surface area contributed by atoms with E-state index in [0.29, 0.717) is 11.5 Å². The molecule has 1 N–H and O–H groups in total. The largest absolute Gasteiger partial charge is 0.340 e. The summed E-state index contributed by atoms with van der Waals surface area (Å²) in [5.41, 5.74) is 2.37. The summed E-state index contributed by atoms with van der Waals surface area (Å²) in [5, 5.41) is 0. The van der Waals surface area contributed by atoms with Gasteiger partial charge >= 0.3 is 0 Å². The Morgan fingerprint density at radius 1 is 1.16 bits per heavy atom. The average molecular weight is 259 g/mol. The van der Waals surface area contributed by atoms with Crippen LogP contribution in [-0.2, 0) is 6.42 Å². The zero-order valence-electron chi connectivity index (χ0n) is 10.2. The van der Waals surface area contributed by atoms with E-state index < -0.39 is 11.6 Å². The number of halogens is 2. The van der Waals surface area contributed by atoms with Crippen LogP contribution in [0.2, 0.25) is 0 Å². The van der Waals surface area contributed by atoms with Gasteiger partial charge < -0.3 is 4.98 Å². The van der Waals surface area contributed by atoms with Gasteiger partial charge in [0.15, 0.2) is 5.65 Å². The zero-order valence-corrected chi connectivity index (χ0v) is 10.2. The van der Waals surface area contributed by atoms with Crippen molar-refractivity contribution in [3.8, 4) is 0 Å². The first-order chi connectivity index (χ1) is 9.15. The van der Waals surface area contributed by atoms with Crippen LogP contribution in [0.25, 0.3) is 11.2 Å². The molecule has 3 aromatic rings. The highest BCUT2D eigenvalue weighted by atomic mass is 19.1. The Hall–Kier alpha value is -2.30. The van der Waals surface area contributed by atoms with Crippen LogP contribution < -0.4 is 0 Å². The number of hydrogen-bond acceptors (Lipinski definition) is 2. The van der Waals surface area contributed by atoms with E-state index in [4.69, 9.17) is 0 Å². The maximum atomic E-state index is 13.6. The van der Waals surface area contributed by atoms with Gasteiger partial charge in [-0.3, -0.25) is 0 Å². The van der Waals surface area contributed by atoms with Crippen LogP contribution in [0.4, 0.5) is 8.78 Å². The van der Waals surface area contributed by atoms with E-state index in [2.05, 4.69) is 15.0 Å². The monoisotopic (exact) mass is 259 g/mol. The Balaban J connectivity index is 2.04. The van der Waals surface area contributed by atoms with Gasteiger partial charge in [0.25, 0.3) is 0 Å². The molecule has 0 aliphatic carbocycles. The number of imidazole rings is 1. The van der Waals surface area contributed by atoms with Crippen molar-refractivity contribution in [1.82, 2.24) is 15.0 Å². The molecular formula is C14H11F2N3. The highest BCUT2D eigenvalue weighted by Crippen LogP contribution is 2.18. The molecule has 2 heterocycles. The standard InChI is InChI=1S/C14H11F2N3/c1-8-5-6-17-14-13(8)18-12(19-14)7-9-10(15)3-2-4-11(9)16/h2-6H,7H2,1H3,(H,17,18,19). The first-order valence-corrected chi connectivity index (χ1v) is 5.88. The summed E-state index contributed by atoms with van der Waals surface area (Å²) in [7, 11) is 0.